The van der Waals surface area contributed by atoms with Crippen LogP contribution in [0.5, 0.6) is 0 Å². The number of hydrogen-bond acceptors (Lipinski definition) is 4. The van der Waals surface area contributed by atoms with E-state index in [-0.39, 0.29) is 6.23 Å². The Balaban J connectivity index is 1.72. The van der Waals surface area contributed by atoms with E-state index in [9.17, 15) is 0 Å². The Labute approximate surface area is 164 Å². The number of rotatable bonds is 3. The van der Waals surface area contributed by atoms with E-state index in [1.54, 1.807) is 0 Å². The van der Waals surface area contributed by atoms with E-state index in [0.29, 0.717) is 5.82 Å². The lowest BCUT2D eigenvalue weighted by Crippen LogP contribution is -2.17. The zero-order valence-corrected chi connectivity index (χ0v) is 15.9. The predicted octanol–water partition coefficient (Wildman–Crippen LogP) is 5.17. The van der Waals surface area contributed by atoms with Gasteiger partial charge >= 0.3 is 0 Å². The Morgan fingerprint density at radius 2 is 1.75 bits per heavy atom. The van der Waals surface area contributed by atoms with E-state index in [2.05, 4.69) is 52.9 Å². The maximum Gasteiger partial charge on any atom is 0.166 e. The summed E-state index contributed by atoms with van der Waals surface area (Å²) in [6.07, 6.45) is 5.09. The lowest BCUT2D eigenvalue weighted by atomic mass is 10.1. The van der Waals surface area contributed by atoms with Gasteiger partial charge in [-0.1, -0.05) is 60.2 Å². The van der Waals surface area contributed by atoms with Gasteiger partial charge in [0.1, 0.15) is 17.4 Å². The third kappa shape index (κ3) is 3.08. The first-order valence-electron chi connectivity index (χ1n) is 9.78. The molecule has 0 bridgehead atoms. The molecule has 0 amide bonds. The van der Waals surface area contributed by atoms with E-state index in [1.807, 2.05) is 24.5 Å². The van der Waals surface area contributed by atoms with E-state index >= 15 is 0 Å². The van der Waals surface area contributed by atoms with Gasteiger partial charge in [-0.3, -0.25) is 4.57 Å². The fraction of sp³-hybridized carbons (Fsp3) is 0.261. The fourth-order valence-corrected chi connectivity index (χ4v) is 3.70. The quantitative estimate of drug-likeness (QED) is 0.499. The van der Waals surface area contributed by atoms with Gasteiger partial charge in [0, 0.05) is 17.7 Å². The second-order valence-electron chi connectivity index (χ2n) is 7.27. The first kappa shape index (κ1) is 17.1. The first-order valence-corrected chi connectivity index (χ1v) is 9.78. The smallest absolute Gasteiger partial charge is 0.166 e. The molecule has 0 spiro atoms. The molecule has 140 valence electrons. The van der Waals surface area contributed by atoms with Gasteiger partial charge in [-0.25, -0.2) is 15.0 Å². The Hall–Kier alpha value is -3.05. The number of imidazole rings is 1. The molecule has 5 heteroatoms. The Kier molecular flexibility index (Phi) is 4.37. The highest BCUT2D eigenvalue weighted by Crippen LogP contribution is 2.31. The van der Waals surface area contributed by atoms with Crippen molar-refractivity contribution in [1.29, 1.82) is 0 Å². The molecule has 1 atom stereocenters. The molecule has 1 unspecified atom stereocenters. The number of benzene rings is 2. The van der Waals surface area contributed by atoms with Gasteiger partial charge in [0.25, 0.3) is 0 Å². The summed E-state index contributed by atoms with van der Waals surface area (Å²) >= 11 is 0. The molecule has 28 heavy (non-hydrogen) atoms. The molecule has 2 aromatic heterocycles. The molecule has 1 fully saturated rings. The molecule has 1 saturated heterocycles. The molecule has 5 rings (SSSR count). The maximum absolute atomic E-state index is 6.00. The second kappa shape index (κ2) is 7.17. The van der Waals surface area contributed by atoms with Gasteiger partial charge in [-0.05, 0) is 26.2 Å². The summed E-state index contributed by atoms with van der Waals surface area (Å²) in [6.45, 7) is 2.87. The monoisotopic (exact) mass is 370 g/mol. The van der Waals surface area contributed by atoms with Crippen LogP contribution < -0.4 is 0 Å². The molecule has 0 saturated carbocycles. The minimum absolute atomic E-state index is 0.0110. The van der Waals surface area contributed by atoms with Crippen molar-refractivity contribution in [3.63, 3.8) is 0 Å². The standard InChI is InChI=1S/C23H22N4O/c1-16-10-12-18(13-11-16)22-25-20(17-7-3-2-4-8-17)21-23(26-22)27(15-24-21)19-9-5-6-14-28-19/h2-4,7-8,10-13,15,19H,5-6,9,14H2,1H3. The Morgan fingerprint density at radius 1 is 0.929 bits per heavy atom. The Morgan fingerprint density at radius 3 is 2.50 bits per heavy atom. The van der Waals surface area contributed by atoms with Crippen LogP contribution in [0, 0.1) is 6.92 Å². The third-order valence-electron chi connectivity index (χ3n) is 5.24. The minimum atomic E-state index is -0.0110. The van der Waals surface area contributed by atoms with Crippen LogP contribution in [0.15, 0.2) is 60.9 Å². The van der Waals surface area contributed by atoms with Crippen molar-refractivity contribution < 1.29 is 4.74 Å². The number of hydrogen-bond donors (Lipinski definition) is 0. The lowest BCUT2D eigenvalue weighted by Gasteiger charge is -2.23. The number of aromatic nitrogens is 4. The van der Waals surface area contributed by atoms with E-state index in [0.717, 1.165) is 53.9 Å². The van der Waals surface area contributed by atoms with Crippen molar-refractivity contribution in [1.82, 2.24) is 19.5 Å². The van der Waals surface area contributed by atoms with Crippen LogP contribution in [0.2, 0.25) is 0 Å². The SMILES string of the molecule is Cc1ccc(-c2nc(-c3ccccc3)c3ncn(C4CCCCO4)c3n2)cc1. The highest BCUT2D eigenvalue weighted by molar-refractivity contribution is 5.89. The average Bonchev–Trinajstić information content (AvgIpc) is 3.19. The number of nitrogens with zero attached hydrogens (tertiary/aromatic N) is 4. The van der Waals surface area contributed by atoms with Crippen LogP contribution in [-0.4, -0.2) is 26.1 Å². The average molecular weight is 370 g/mol. The van der Waals surface area contributed by atoms with Crippen LogP contribution in [0.1, 0.15) is 31.1 Å². The van der Waals surface area contributed by atoms with E-state index in [4.69, 9.17) is 14.7 Å². The van der Waals surface area contributed by atoms with Gasteiger partial charge in [0.2, 0.25) is 0 Å². The molecule has 2 aromatic carbocycles. The molecule has 0 radical (unpaired) electrons. The summed E-state index contributed by atoms with van der Waals surface area (Å²) in [6, 6.07) is 18.5. The van der Waals surface area contributed by atoms with Gasteiger partial charge in [0.15, 0.2) is 11.5 Å². The van der Waals surface area contributed by atoms with Crippen molar-refractivity contribution >= 4 is 11.2 Å². The zero-order chi connectivity index (χ0) is 18.9. The molecule has 4 aromatic rings. The van der Waals surface area contributed by atoms with Crippen molar-refractivity contribution in [2.75, 3.05) is 6.61 Å². The molecule has 3 heterocycles. The van der Waals surface area contributed by atoms with Crippen molar-refractivity contribution in [2.45, 2.75) is 32.4 Å². The van der Waals surface area contributed by atoms with Crippen LogP contribution in [0.3, 0.4) is 0 Å². The zero-order valence-electron chi connectivity index (χ0n) is 15.9. The molecule has 0 N–H and O–H groups in total. The van der Waals surface area contributed by atoms with Gasteiger partial charge in [-0.2, -0.15) is 0 Å². The second-order valence-corrected chi connectivity index (χ2v) is 7.27. The van der Waals surface area contributed by atoms with Gasteiger partial charge in [-0.15, -0.1) is 0 Å². The first-order chi connectivity index (χ1) is 13.8. The van der Waals surface area contributed by atoms with Crippen molar-refractivity contribution in [3.8, 4) is 22.6 Å². The summed E-state index contributed by atoms with van der Waals surface area (Å²) in [5.41, 5.74) is 5.76. The molecule has 1 aliphatic rings. The molecular weight excluding hydrogens is 348 g/mol. The highest BCUT2D eigenvalue weighted by Gasteiger charge is 2.22. The summed E-state index contributed by atoms with van der Waals surface area (Å²) < 4.78 is 8.07. The maximum atomic E-state index is 6.00. The number of fused-ring (bicyclic) bond motifs is 1. The van der Waals surface area contributed by atoms with E-state index in [1.165, 1.54) is 5.56 Å². The Bertz CT molecular complexity index is 1100. The molecular formula is C23H22N4O. The van der Waals surface area contributed by atoms with Crippen LogP contribution >= 0.6 is 0 Å². The van der Waals surface area contributed by atoms with Crippen molar-refractivity contribution in [2.24, 2.45) is 0 Å². The summed E-state index contributed by atoms with van der Waals surface area (Å²) in [5, 5.41) is 0. The molecule has 5 nitrogen and oxygen atoms in total. The van der Waals surface area contributed by atoms with Crippen LogP contribution in [0.4, 0.5) is 0 Å². The lowest BCUT2D eigenvalue weighted by molar-refractivity contribution is -0.0298. The van der Waals surface area contributed by atoms with Crippen LogP contribution in [0.25, 0.3) is 33.8 Å². The minimum Gasteiger partial charge on any atom is -0.358 e. The highest BCUT2D eigenvalue weighted by atomic mass is 16.5. The van der Waals surface area contributed by atoms with E-state index < -0.39 is 0 Å². The molecule has 1 aliphatic heterocycles. The topological polar surface area (TPSA) is 52.8 Å². The predicted molar refractivity (Wildman–Crippen MR) is 110 cm³/mol. The van der Waals surface area contributed by atoms with Crippen LogP contribution in [-0.2, 0) is 4.74 Å². The normalized spacial score (nSPS) is 17.1. The van der Waals surface area contributed by atoms with Gasteiger partial charge < -0.3 is 4.74 Å². The fourth-order valence-electron chi connectivity index (χ4n) is 3.70. The summed E-state index contributed by atoms with van der Waals surface area (Å²) in [7, 11) is 0. The third-order valence-corrected chi connectivity index (χ3v) is 5.24. The van der Waals surface area contributed by atoms with Gasteiger partial charge in [0.05, 0.1) is 6.33 Å². The summed E-state index contributed by atoms with van der Waals surface area (Å²) in [5.74, 6) is 0.712. The number of aryl methyl sites for hydroxylation is 1. The van der Waals surface area contributed by atoms with Crippen molar-refractivity contribution in [3.05, 3.63) is 66.5 Å². The summed E-state index contributed by atoms with van der Waals surface area (Å²) in [4.78, 5) is 14.5. The number of ether oxygens (including phenoxy) is 1. The largest absolute Gasteiger partial charge is 0.358 e. The molecule has 0 aliphatic carbocycles.